The fraction of sp³-hybridized carbons (Fsp3) is 0.222. The molecular formula is C9H10N4O. The minimum absolute atomic E-state index is 0.487. The van der Waals surface area contributed by atoms with Gasteiger partial charge in [-0.15, -0.1) is 0 Å². The van der Waals surface area contributed by atoms with E-state index in [1.54, 1.807) is 16.9 Å². The molecule has 2 rings (SSSR count). The molecule has 5 heteroatoms. The minimum Gasteiger partial charge on any atom is -0.368 e. The van der Waals surface area contributed by atoms with Crippen LogP contribution in [0.2, 0.25) is 0 Å². The number of hydrogen-bond donors (Lipinski definition) is 1. The number of carbonyl (C=O) groups excluding carboxylic acids is 1. The van der Waals surface area contributed by atoms with Gasteiger partial charge < -0.3 is 10.1 Å². The van der Waals surface area contributed by atoms with Gasteiger partial charge in [-0.2, -0.15) is 5.10 Å². The first-order valence-electron chi connectivity index (χ1n) is 4.38. The monoisotopic (exact) mass is 190 g/mol. The van der Waals surface area contributed by atoms with Crippen LogP contribution in [0, 0.1) is 0 Å². The van der Waals surface area contributed by atoms with Crippen molar-refractivity contribution in [2.24, 2.45) is 0 Å². The zero-order valence-corrected chi connectivity index (χ0v) is 7.55. The summed E-state index contributed by atoms with van der Waals surface area (Å²) in [6.07, 6.45) is 4.85. The van der Waals surface area contributed by atoms with Gasteiger partial charge >= 0.3 is 0 Å². The van der Waals surface area contributed by atoms with Crippen molar-refractivity contribution in [3.8, 4) is 0 Å². The van der Waals surface area contributed by atoms with Gasteiger partial charge in [0, 0.05) is 19.2 Å². The Labute approximate surface area is 80.8 Å². The summed E-state index contributed by atoms with van der Waals surface area (Å²) in [7, 11) is 0. The van der Waals surface area contributed by atoms with Crippen LogP contribution in [0.1, 0.15) is 6.42 Å². The molecule has 0 aromatic carbocycles. The van der Waals surface area contributed by atoms with Crippen molar-refractivity contribution >= 4 is 17.8 Å². The number of fused-ring (bicyclic) bond motifs is 1. The Morgan fingerprint density at radius 1 is 1.57 bits per heavy atom. The minimum atomic E-state index is 0.487. The van der Waals surface area contributed by atoms with E-state index in [9.17, 15) is 4.79 Å². The molecule has 0 saturated heterocycles. The van der Waals surface area contributed by atoms with E-state index >= 15 is 0 Å². The fourth-order valence-corrected chi connectivity index (χ4v) is 1.18. The van der Waals surface area contributed by atoms with E-state index < -0.39 is 0 Å². The molecule has 0 bridgehead atoms. The fourth-order valence-electron chi connectivity index (χ4n) is 1.18. The summed E-state index contributed by atoms with van der Waals surface area (Å²) in [4.78, 5) is 14.3. The van der Waals surface area contributed by atoms with Crippen molar-refractivity contribution in [3.63, 3.8) is 0 Å². The van der Waals surface area contributed by atoms with Crippen LogP contribution in [0.4, 0.5) is 5.82 Å². The van der Waals surface area contributed by atoms with E-state index in [4.69, 9.17) is 0 Å². The van der Waals surface area contributed by atoms with Gasteiger partial charge in [-0.3, -0.25) is 0 Å². The second-order valence-electron chi connectivity index (χ2n) is 2.83. The Kier molecular flexibility index (Phi) is 2.40. The summed E-state index contributed by atoms with van der Waals surface area (Å²) < 4.78 is 1.68. The van der Waals surface area contributed by atoms with E-state index in [0.717, 1.165) is 17.8 Å². The van der Waals surface area contributed by atoms with Crippen molar-refractivity contribution < 1.29 is 4.79 Å². The molecule has 0 amide bonds. The second kappa shape index (κ2) is 3.87. The lowest BCUT2D eigenvalue weighted by Gasteiger charge is -1.95. The van der Waals surface area contributed by atoms with E-state index in [-0.39, 0.29) is 0 Å². The highest BCUT2D eigenvalue weighted by Gasteiger charge is 1.99. The van der Waals surface area contributed by atoms with Crippen LogP contribution in [0.25, 0.3) is 5.65 Å². The van der Waals surface area contributed by atoms with Gasteiger partial charge in [0.2, 0.25) is 0 Å². The molecular weight excluding hydrogens is 180 g/mol. The summed E-state index contributed by atoms with van der Waals surface area (Å²) >= 11 is 0. The number of nitrogens with zero attached hydrogens (tertiary/aromatic N) is 3. The highest BCUT2D eigenvalue weighted by atomic mass is 16.1. The van der Waals surface area contributed by atoms with E-state index in [2.05, 4.69) is 15.4 Å². The number of nitrogens with one attached hydrogen (secondary N) is 1. The molecule has 0 aliphatic heterocycles. The Bertz CT molecular complexity index is 404. The van der Waals surface area contributed by atoms with E-state index in [1.807, 2.05) is 12.1 Å². The third-order valence-corrected chi connectivity index (χ3v) is 1.81. The van der Waals surface area contributed by atoms with Crippen LogP contribution in [-0.2, 0) is 4.79 Å². The van der Waals surface area contributed by atoms with E-state index in [1.165, 1.54) is 0 Å². The van der Waals surface area contributed by atoms with Crippen molar-refractivity contribution in [3.05, 3.63) is 24.5 Å². The maximum absolute atomic E-state index is 10.1. The summed E-state index contributed by atoms with van der Waals surface area (Å²) in [5, 5.41) is 7.11. The van der Waals surface area contributed by atoms with Crippen molar-refractivity contribution in [1.29, 1.82) is 0 Å². The summed E-state index contributed by atoms with van der Waals surface area (Å²) in [6.45, 7) is 0.605. The van der Waals surface area contributed by atoms with Crippen molar-refractivity contribution in [2.75, 3.05) is 11.9 Å². The highest BCUT2D eigenvalue weighted by molar-refractivity contribution is 5.52. The summed E-state index contributed by atoms with van der Waals surface area (Å²) in [6, 6.07) is 3.70. The predicted molar refractivity (Wildman–Crippen MR) is 52.2 cm³/mol. The number of imidazole rings is 1. The molecule has 0 fully saturated rings. The third-order valence-electron chi connectivity index (χ3n) is 1.81. The lowest BCUT2D eigenvalue weighted by Crippen LogP contribution is -2.01. The molecule has 0 saturated carbocycles. The summed E-state index contributed by atoms with van der Waals surface area (Å²) in [5.41, 5.74) is 0.793. The standard InChI is InChI=1S/C9H10N4O/c14-6-2-4-10-8-7-13-9(12-8)3-1-5-11-13/h1,3,5-7,10H,2,4H2. The number of hydrogen-bond acceptors (Lipinski definition) is 4. The SMILES string of the molecule is O=CCCNc1cn2ncccc2n1. The molecule has 0 aliphatic rings. The molecule has 0 atom stereocenters. The van der Waals surface area contributed by atoms with Gasteiger partial charge in [0.05, 0.1) is 6.20 Å². The zero-order valence-electron chi connectivity index (χ0n) is 7.55. The number of aromatic nitrogens is 3. The molecule has 72 valence electrons. The van der Waals surface area contributed by atoms with Gasteiger partial charge in [-0.25, -0.2) is 9.50 Å². The van der Waals surface area contributed by atoms with Crippen LogP contribution in [0.15, 0.2) is 24.5 Å². The van der Waals surface area contributed by atoms with Crippen molar-refractivity contribution in [1.82, 2.24) is 14.6 Å². The Hall–Kier alpha value is -1.91. The number of rotatable bonds is 4. The van der Waals surface area contributed by atoms with Crippen LogP contribution < -0.4 is 5.32 Å². The van der Waals surface area contributed by atoms with E-state index in [0.29, 0.717) is 13.0 Å². The molecule has 0 radical (unpaired) electrons. The van der Waals surface area contributed by atoms with Gasteiger partial charge in [0.1, 0.15) is 12.1 Å². The topological polar surface area (TPSA) is 59.3 Å². The number of anilines is 1. The smallest absolute Gasteiger partial charge is 0.155 e. The Morgan fingerprint density at radius 2 is 2.50 bits per heavy atom. The van der Waals surface area contributed by atoms with Crippen LogP contribution >= 0.6 is 0 Å². The van der Waals surface area contributed by atoms with Crippen LogP contribution in [0.5, 0.6) is 0 Å². The Morgan fingerprint density at radius 3 is 3.29 bits per heavy atom. The predicted octanol–water partition coefficient (Wildman–Crippen LogP) is 0.730. The van der Waals surface area contributed by atoms with Crippen LogP contribution in [0.3, 0.4) is 0 Å². The molecule has 1 N–H and O–H groups in total. The first-order valence-corrected chi connectivity index (χ1v) is 4.38. The number of carbonyl (C=O) groups is 1. The second-order valence-corrected chi connectivity index (χ2v) is 2.83. The largest absolute Gasteiger partial charge is 0.368 e. The third kappa shape index (κ3) is 1.71. The van der Waals surface area contributed by atoms with Gasteiger partial charge in [-0.05, 0) is 12.1 Å². The number of aldehydes is 1. The lowest BCUT2D eigenvalue weighted by molar-refractivity contribution is -0.107. The maximum atomic E-state index is 10.1. The van der Waals surface area contributed by atoms with Gasteiger partial charge in [0.15, 0.2) is 5.65 Å². The van der Waals surface area contributed by atoms with Crippen LogP contribution in [-0.4, -0.2) is 27.4 Å². The normalized spacial score (nSPS) is 10.3. The molecule has 2 aromatic heterocycles. The molecule has 14 heavy (non-hydrogen) atoms. The average Bonchev–Trinajstić information content (AvgIpc) is 2.60. The molecule has 0 aliphatic carbocycles. The van der Waals surface area contributed by atoms with Crippen molar-refractivity contribution in [2.45, 2.75) is 6.42 Å². The first kappa shape index (κ1) is 8.68. The molecule has 0 unspecified atom stereocenters. The Balaban J connectivity index is 2.14. The van der Waals surface area contributed by atoms with Gasteiger partial charge in [0.25, 0.3) is 0 Å². The molecule has 0 spiro atoms. The first-order chi connectivity index (χ1) is 6.90. The highest BCUT2D eigenvalue weighted by Crippen LogP contribution is 2.06. The quantitative estimate of drug-likeness (QED) is 0.570. The molecule has 5 nitrogen and oxygen atoms in total. The zero-order chi connectivity index (χ0) is 9.80. The lowest BCUT2D eigenvalue weighted by atomic mass is 10.5. The summed E-state index contributed by atoms with van der Waals surface area (Å²) in [5.74, 6) is 0.741. The maximum Gasteiger partial charge on any atom is 0.155 e. The average molecular weight is 190 g/mol. The van der Waals surface area contributed by atoms with Gasteiger partial charge in [-0.1, -0.05) is 0 Å². The molecule has 2 heterocycles. The molecule has 2 aromatic rings.